The Morgan fingerprint density at radius 1 is 1.07 bits per heavy atom. The van der Waals surface area contributed by atoms with Crippen molar-refractivity contribution in [1.29, 1.82) is 0 Å². The van der Waals surface area contributed by atoms with Crippen LogP contribution in [-0.4, -0.2) is 82.9 Å². The minimum absolute atomic E-state index is 0.142. The third-order valence-electron chi connectivity index (χ3n) is 6.99. The number of aryl methyl sites for hydroxylation is 1. The molecule has 0 bridgehead atoms. The van der Waals surface area contributed by atoms with Crippen molar-refractivity contribution in [2.24, 2.45) is 7.05 Å². The van der Waals surface area contributed by atoms with Gasteiger partial charge in [-0.2, -0.15) is 5.10 Å². The number of hydrogen-bond donors (Lipinski definition) is 2. The number of fused-ring (bicyclic) bond motifs is 1. The molecule has 0 spiro atoms. The normalized spacial score (nSPS) is 14.9. The number of nitrogen functional groups attached to an aromatic ring is 1. The molecule has 11 nitrogen and oxygen atoms in total. The van der Waals surface area contributed by atoms with Gasteiger partial charge >= 0.3 is 6.09 Å². The van der Waals surface area contributed by atoms with Crippen molar-refractivity contribution in [3.8, 4) is 22.6 Å². The summed E-state index contributed by atoms with van der Waals surface area (Å²) in [6, 6.07) is 12.9. The summed E-state index contributed by atoms with van der Waals surface area (Å²) in [4.78, 5) is 33.8. The molecular formula is C30H35N7O4. The Morgan fingerprint density at radius 3 is 2.56 bits per heavy atom. The SMILES string of the molecule is CN(C)CCCOc1ccc2cc(OC(=O)N3CC[C@@H](NC(=O)c4cc(-c5cnn(C)c5)cnc4N)C3)ccc2c1. The van der Waals surface area contributed by atoms with Gasteiger partial charge in [0.05, 0.1) is 18.4 Å². The summed E-state index contributed by atoms with van der Waals surface area (Å²) >= 11 is 0. The second-order valence-corrected chi connectivity index (χ2v) is 10.5. The Hall–Kier alpha value is -4.64. The summed E-state index contributed by atoms with van der Waals surface area (Å²) in [7, 11) is 5.90. The number of likely N-dealkylation sites (tertiary alicyclic amines) is 1. The fourth-order valence-corrected chi connectivity index (χ4v) is 4.78. The maximum Gasteiger partial charge on any atom is 0.415 e. The molecule has 0 aliphatic carbocycles. The van der Waals surface area contributed by atoms with Gasteiger partial charge in [-0.15, -0.1) is 0 Å². The molecular weight excluding hydrogens is 522 g/mol. The molecule has 0 saturated carbocycles. The van der Waals surface area contributed by atoms with Crippen molar-refractivity contribution in [3.05, 3.63) is 66.6 Å². The molecule has 4 aromatic rings. The fourth-order valence-electron chi connectivity index (χ4n) is 4.78. The number of benzene rings is 2. The molecule has 41 heavy (non-hydrogen) atoms. The molecule has 0 unspecified atom stereocenters. The van der Waals surface area contributed by atoms with Gasteiger partial charge < -0.3 is 30.3 Å². The van der Waals surface area contributed by atoms with E-state index in [1.807, 2.05) is 57.7 Å². The van der Waals surface area contributed by atoms with E-state index in [-0.39, 0.29) is 23.3 Å². The summed E-state index contributed by atoms with van der Waals surface area (Å²) in [5.74, 6) is 1.08. The monoisotopic (exact) mass is 557 g/mol. The molecule has 2 aromatic heterocycles. The van der Waals surface area contributed by atoms with E-state index in [4.69, 9.17) is 15.2 Å². The van der Waals surface area contributed by atoms with E-state index in [0.29, 0.717) is 31.9 Å². The molecule has 11 heteroatoms. The zero-order chi connectivity index (χ0) is 28.9. The maximum absolute atomic E-state index is 13.0. The lowest BCUT2D eigenvalue weighted by Gasteiger charge is -2.17. The number of nitrogens with zero attached hydrogens (tertiary/aromatic N) is 5. The number of nitrogens with one attached hydrogen (secondary N) is 1. The first-order valence-electron chi connectivity index (χ1n) is 13.6. The molecule has 0 radical (unpaired) electrons. The minimum Gasteiger partial charge on any atom is -0.494 e. The van der Waals surface area contributed by atoms with Crippen LogP contribution in [0.1, 0.15) is 23.2 Å². The van der Waals surface area contributed by atoms with Gasteiger partial charge in [-0.05, 0) is 68.0 Å². The highest BCUT2D eigenvalue weighted by molar-refractivity contribution is 5.99. The predicted molar refractivity (Wildman–Crippen MR) is 157 cm³/mol. The lowest BCUT2D eigenvalue weighted by molar-refractivity contribution is 0.0937. The number of ether oxygens (including phenoxy) is 2. The van der Waals surface area contributed by atoms with Crippen LogP contribution in [0.3, 0.4) is 0 Å². The summed E-state index contributed by atoms with van der Waals surface area (Å²) in [5, 5.41) is 9.09. The number of aromatic nitrogens is 3. The summed E-state index contributed by atoms with van der Waals surface area (Å²) < 4.78 is 13.2. The summed E-state index contributed by atoms with van der Waals surface area (Å²) in [5.41, 5.74) is 7.87. The predicted octanol–water partition coefficient (Wildman–Crippen LogP) is 3.55. The highest BCUT2D eigenvalue weighted by Gasteiger charge is 2.29. The summed E-state index contributed by atoms with van der Waals surface area (Å²) in [6.07, 6.45) is 6.25. The van der Waals surface area contributed by atoms with E-state index >= 15 is 0 Å². The second-order valence-electron chi connectivity index (χ2n) is 10.5. The lowest BCUT2D eigenvalue weighted by Crippen LogP contribution is -2.39. The van der Waals surface area contributed by atoms with Crippen LogP contribution in [0.25, 0.3) is 21.9 Å². The van der Waals surface area contributed by atoms with Crippen molar-refractivity contribution in [3.63, 3.8) is 0 Å². The van der Waals surface area contributed by atoms with E-state index in [1.54, 1.807) is 34.1 Å². The molecule has 1 saturated heterocycles. The number of carbonyl (C=O) groups excluding carboxylic acids is 2. The van der Waals surface area contributed by atoms with Gasteiger partial charge in [0, 0.05) is 56.2 Å². The molecule has 1 fully saturated rings. The zero-order valence-corrected chi connectivity index (χ0v) is 23.5. The molecule has 5 rings (SSSR count). The molecule has 1 aliphatic heterocycles. The van der Waals surface area contributed by atoms with Crippen molar-refractivity contribution in [1.82, 2.24) is 29.9 Å². The van der Waals surface area contributed by atoms with E-state index in [0.717, 1.165) is 40.6 Å². The first-order valence-corrected chi connectivity index (χ1v) is 13.6. The Morgan fingerprint density at radius 2 is 1.83 bits per heavy atom. The zero-order valence-electron chi connectivity index (χ0n) is 23.5. The van der Waals surface area contributed by atoms with Crippen molar-refractivity contribution >= 4 is 28.6 Å². The number of hydrogen-bond acceptors (Lipinski definition) is 8. The van der Waals surface area contributed by atoms with Crippen LogP contribution in [0.15, 0.2) is 61.1 Å². The first kappa shape index (κ1) is 27.9. The lowest BCUT2D eigenvalue weighted by atomic mass is 10.1. The van der Waals surface area contributed by atoms with Gasteiger partial charge in [0.2, 0.25) is 0 Å². The van der Waals surface area contributed by atoms with Crippen LogP contribution in [0.5, 0.6) is 11.5 Å². The first-order chi connectivity index (χ1) is 19.7. The number of amides is 2. The largest absolute Gasteiger partial charge is 0.494 e. The minimum atomic E-state index is -0.457. The molecule has 1 atom stereocenters. The fraction of sp³-hybridized carbons (Fsp3) is 0.333. The number of carbonyl (C=O) groups is 2. The molecule has 2 aromatic carbocycles. The van der Waals surface area contributed by atoms with Crippen LogP contribution in [0, 0.1) is 0 Å². The van der Waals surface area contributed by atoms with E-state index in [1.165, 1.54) is 0 Å². The van der Waals surface area contributed by atoms with Crippen LogP contribution >= 0.6 is 0 Å². The number of pyridine rings is 1. The van der Waals surface area contributed by atoms with Crippen LogP contribution in [0.4, 0.5) is 10.6 Å². The van der Waals surface area contributed by atoms with Gasteiger partial charge in [-0.25, -0.2) is 9.78 Å². The third kappa shape index (κ3) is 6.93. The molecule has 1 aliphatic rings. The number of rotatable bonds is 9. The molecule has 3 N–H and O–H groups in total. The topological polar surface area (TPSA) is 128 Å². The van der Waals surface area contributed by atoms with Gasteiger partial charge in [0.25, 0.3) is 5.91 Å². The standard InChI is InChI=1S/C30H35N7O4/c1-35(2)10-4-12-40-25-7-5-21-14-26(8-6-20(21)13-25)41-30(39)37-11-9-24(19-37)34-29(38)27-15-22(16-32-28(27)31)23-17-33-36(3)18-23/h5-8,13-18,24H,4,9-12,19H2,1-3H3,(H2,31,32)(H,34,38)/t24-/m1/s1. The van der Waals surface area contributed by atoms with Gasteiger partial charge in [0.15, 0.2) is 0 Å². The molecule has 2 amide bonds. The summed E-state index contributed by atoms with van der Waals surface area (Å²) in [6.45, 7) is 2.43. The van der Waals surface area contributed by atoms with Crippen molar-refractivity contribution in [2.45, 2.75) is 18.9 Å². The molecule has 214 valence electrons. The van der Waals surface area contributed by atoms with Crippen LogP contribution in [-0.2, 0) is 7.05 Å². The van der Waals surface area contributed by atoms with Crippen LogP contribution in [0.2, 0.25) is 0 Å². The maximum atomic E-state index is 13.0. The highest BCUT2D eigenvalue weighted by atomic mass is 16.6. The van der Waals surface area contributed by atoms with Crippen LogP contribution < -0.4 is 20.5 Å². The van der Waals surface area contributed by atoms with Gasteiger partial charge in [0.1, 0.15) is 17.3 Å². The van der Waals surface area contributed by atoms with Gasteiger partial charge in [-0.3, -0.25) is 9.48 Å². The van der Waals surface area contributed by atoms with E-state index in [9.17, 15) is 9.59 Å². The van der Waals surface area contributed by atoms with Crippen molar-refractivity contribution < 1.29 is 19.1 Å². The van der Waals surface area contributed by atoms with Crippen molar-refractivity contribution in [2.75, 3.05) is 46.1 Å². The Balaban J connectivity index is 1.15. The second kappa shape index (κ2) is 12.3. The average Bonchev–Trinajstić information content (AvgIpc) is 3.60. The average molecular weight is 558 g/mol. The Labute approximate surface area is 238 Å². The van der Waals surface area contributed by atoms with Gasteiger partial charge in [-0.1, -0.05) is 12.1 Å². The Kier molecular flexibility index (Phi) is 8.34. The number of anilines is 1. The van der Waals surface area contributed by atoms with E-state index < -0.39 is 6.09 Å². The quantitative estimate of drug-likeness (QED) is 0.299. The highest BCUT2D eigenvalue weighted by Crippen LogP contribution is 2.26. The molecule has 3 heterocycles. The van der Waals surface area contributed by atoms with E-state index in [2.05, 4.69) is 20.3 Å². The number of nitrogens with two attached hydrogens (primary N) is 1. The Bertz CT molecular complexity index is 1550. The third-order valence-corrected chi connectivity index (χ3v) is 6.99. The smallest absolute Gasteiger partial charge is 0.415 e.